The Morgan fingerprint density at radius 1 is 1.42 bits per heavy atom. The standard InChI is InChI=1S/C18H19BClN3O/c1-2-3-4-13-9-19(11-21)10-15-16(13)22-17(23-18(15)24)12-5-7-14(20)8-6-12/h5-8,13H,2-4,9-10H2,1H3,(H,22,23,24). The monoisotopic (exact) mass is 339 g/mol. The Morgan fingerprint density at radius 3 is 2.83 bits per heavy atom. The Morgan fingerprint density at radius 2 is 2.17 bits per heavy atom. The third kappa shape index (κ3) is 3.39. The number of hydrogen-bond donors (Lipinski definition) is 1. The molecule has 4 nitrogen and oxygen atoms in total. The Bertz CT molecular complexity index is 826. The molecule has 122 valence electrons. The largest absolute Gasteiger partial charge is 0.306 e. The molecule has 1 atom stereocenters. The van der Waals surface area contributed by atoms with Gasteiger partial charge in [0.25, 0.3) is 12.3 Å². The lowest BCUT2D eigenvalue weighted by molar-refractivity contribution is 0.594. The molecule has 2 heterocycles. The third-order valence-corrected chi connectivity index (χ3v) is 4.91. The van der Waals surface area contributed by atoms with Crippen LogP contribution < -0.4 is 5.56 Å². The average Bonchev–Trinajstić information content (AvgIpc) is 2.60. The minimum atomic E-state index is -0.119. The summed E-state index contributed by atoms with van der Waals surface area (Å²) in [7, 11) is 0. The predicted molar refractivity (Wildman–Crippen MR) is 97.4 cm³/mol. The van der Waals surface area contributed by atoms with Gasteiger partial charge in [0.1, 0.15) is 5.82 Å². The van der Waals surface area contributed by atoms with Crippen LogP contribution in [0.25, 0.3) is 11.4 Å². The number of nitriles is 1. The van der Waals surface area contributed by atoms with Gasteiger partial charge in [-0.1, -0.05) is 37.7 Å². The van der Waals surface area contributed by atoms with E-state index in [2.05, 4.69) is 17.9 Å². The molecule has 0 saturated carbocycles. The minimum absolute atomic E-state index is 0.0939. The van der Waals surface area contributed by atoms with E-state index in [-0.39, 0.29) is 18.2 Å². The average molecular weight is 340 g/mol. The Hall–Kier alpha value is -2.06. The van der Waals surface area contributed by atoms with Crippen molar-refractivity contribution in [3.63, 3.8) is 0 Å². The quantitative estimate of drug-likeness (QED) is 0.855. The van der Waals surface area contributed by atoms with Crippen molar-refractivity contribution in [1.82, 2.24) is 9.97 Å². The molecule has 3 rings (SSSR count). The summed E-state index contributed by atoms with van der Waals surface area (Å²) < 4.78 is 0. The van der Waals surface area contributed by atoms with E-state index in [9.17, 15) is 10.1 Å². The summed E-state index contributed by atoms with van der Waals surface area (Å²) in [5.74, 6) is 3.10. The third-order valence-electron chi connectivity index (χ3n) is 4.66. The van der Waals surface area contributed by atoms with Gasteiger partial charge in [-0.25, -0.2) is 10.2 Å². The molecule has 1 aromatic carbocycles. The van der Waals surface area contributed by atoms with Crippen LogP contribution in [-0.2, 0) is 6.32 Å². The summed E-state index contributed by atoms with van der Waals surface area (Å²) in [6, 6.07) is 7.29. The van der Waals surface area contributed by atoms with Crippen molar-refractivity contribution in [2.75, 3.05) is 0 Å². The molecular formula is C18H19BClN3O. The number of unbranched alkanes of at least 4 members (excludes halogenated alkanes) is 1. The van der Waals surface area contributed by atoms with E-state index in [1.54, 1.807) is 12.1 Å². The maximum Gasteiger partial charge on any atom is 0.273 e. The molecule has 2 aromatic rings. The summed E-state index contributed by atoms with van der Waals surface area (Å²) in [5.41, 5.74) is 2.29. The zero-order chi connectivity index (χ0) is 17.1. The topological polar surface area (TPSA) is 69.5 Å². The highest BCUT2D eigenvalue weighted by Crippen LogP contribution is 2.33. The first-order chi connectivity index (χ1) is 11.6. The zero-order valence-electron chi connectivity index (χ0n) is 13.7. The van der Waals surface area contributed by atoms with Crippen molar-refractivity contribution < 1.29 is 0 Å². The molecule has 0 saturated heterocycles. The summed E-state index contributed by atoms with van der Waals surface area (Å²) >= 11 is 5.94. The molecule has 24 heavy (non-hydrogen) atoms. The van der Waals surface area contributed by atoms with Crippen LogP contribution in [-0.4, -0.2) is 16.7 Å². The Labute approximate surface area is 147 Å². The normalized spacial score (nSPS) is 16.5. The van der Waals surface area contributed by atoms with Crippen molar-refractivity contribution in [2.45, 2.75) is 44.7 Å². The number of rotatable bonds is 4. The number of aromatic nitrogens is 2. The highest BCUT2D eigenvalue weighted by molar-refractivity contribution is 6.66. The number of hydrogen-bond acceptors (Lipinski definition) is 3. The molecule has 0 bridgehead atoms. The van der Waals surface area contributed by atoms with E-state index in [0.29, 0.717) is 22.7 Å². The lowest BCUT2D eigenvalue weighted by atomic mass is 9.40. The molecule has 0 spiro atoms. The first-order valence-electron chi connectivity index (χ1n) is 8.41. The van der Waals surface area contributed by atoms with Crippen LogP contribution in [0.1, 0.15) is 43.4 Å². The fraction of sp³-hybridized carbons (Fsp3) is 0.389. The van der Waals surface area contributed by atoms with E-state index in [1.807, 2.05) is 12.1 Å². The van der Waals surface area contributed by atoms with Gasteiger partial charge in [-0.05, 0) is 42.9 Å². The van der Waals surface area contributed by atoms with Crippen LogP contribution in [0.15, 0.2) is 29.1 Å². The smallest absolute Gasteiger partial charge is 0.273 e. The second-order valence-corrected chi connectivity index (χ2v) is 6.83. The van der Waals surface area contributed by atoms with Gasteiger partial charge in [0, 0.05) is 22.1 Å². The van der Waals surface area contributed by atoms with E-state index in [4.69, 9.17) is 16.6 Å². The van der Waals surface area contributed by atoms with Crippen molar-refractivity contribution in [2.24, 2.45) is 0 Å². The molecule has 1 aliphatic heterocycles. The van der Waals surface area contributed by atoms with E-state index in [0.717, 1.165) is 36.8 Å². The maximum absolute atomic E-state index is 12.6. The van der Waals surface area contributed by atoms with Crippen LogP contribution in [0.5, 0.6) is 0 Å². The van der Waals surface area contributed by atoms with Crippen molar-refractivity contribution >= 4 is 18.3 Å². The van der Waals surface area contributed by atoms with Gasteiger partial charge in [0.15, 0.2) is 0 Å². The number of halogens is 1. The highest BCUT2D eigenvalue weighted by atomic mass is 35.5. The maximum atomic E-state index is 12.6. The molecular weight excluding hydrogens is 320 g/mol. The lowest BCUT2D eigenvalue weighted by Crippen LogP contribution is -2.32. The molecule has 1 aromatic heterocycles. The molecule has 1 N–H and O–H groups in total. The number of aromatic amines is 1. The van der Waals surface area contributed by atoms with E-state index < -0.39 is 0 Å². The fourth-order valence-electron chi connectivity index (χ4n) is 3.38. The van der Waals surface area contributed by atoms with Crippen LogP contribution in [0, 0.1) is 11.2 Å². The Balaban J connectivity index is 2.05. The molecule has 0 aliphatic carbocycles. The number of fused-ring (bicyclic) bond motifs is 1. The van der Waals surface area contributed by atoms with E-state index >= 15 is 0 Å². The van der Waals surface area contributed by atoms with Gasteiger partial charge in [-0.15, -0.1) is 0 Å². The van der Waals surface area contributed by atoms with E-state index in [1.165, 1.54) is 0 Å². The van der Waals surface area contributed by atoms with Gasteiger partial charge < -0.3 is 4.98 Å². The van der Waals surface area contributed by atoms with Crippen LogP contribution >= 0.6 is 11.6 Å². The molecule has 0 fully saturated rings. The van der Waals surface area contributed by atoms with Gasteiger partial charge in [-0.2, -0.15) is 0 Å². The van der Waals surface area contributed by atoms with Crippen LogP contribution in [0.4, 0.5) is 0 Å². The summed E-state index contributed by atoms with van der Waals surface area (Å²) in [5, 5.41) is 9.96. The molecule has 0 amide bonds. The van der Waals surface area contributed by atoms with Gasteiger partial charge >= 0.3 is 0 Å². The molecule has 0 radical (unpaired) electrons. The first-order valence-corrected chi connectivity index (χ1v) is 8.78. The summed E-state index contributed by atoms with van der Waals surface area (Å²) in [6.45, 7) is 2.05. The predicted octanol–water partition coefficient (Wildman–Crippen LogP) is 4.02. The van der Waals surface area contributed by atoms with Gasteiger partial charge in [-0.3, -0.25) is 4.79 Å². The first kappa shape index (κ1) is 16.8. The molecule has 6 heteroatoms. The van der Waals surface area contributed by atoms with Crippen molar-refractivity contribution in [3.8, 4) is 17.4 Å². The zero-order valence-corrected chi connectivity index (χ0v) is 14.4. The number of benzene rings is 1. The summed E-state index contributed by atoms with van der Waals surface area (Å²) in [4.78, 5) is 20.2. The molecule has 1 aliphatic rings. The molecule has 1 unspecified atom stereocenters. The second-order valence-electron chi connectivity index (χ2n) is 6.39. The van der Waals surface area contributed by atoms with Crippen molar-refractivity contribution in [3.05, 3.63) is 50.9 Å². The SMILES string of the molecule is CCCCC1CB(C#N)Cc2c1nc(-c1ccc(Cl)cc1)[nH]c2=O. The fourth-order valence-corrected chi connectivity index (χ4v) is 3.51. The minimum Gasteiger partial charge on any atom is -0.306 e. The van der Waals surface area contributed by atoms with Crippen LogP contribution in [0.3, 0.4) is 0 Å². The number of nitrogens with zero attached hydrogens (tertiary/aromatic N) is 2. The second kappa shape index (κ2) is 7.23. The summed E-state index contributed by atoms with van der Waals surface area (Å²) in [6.07, 6.45) is 4.43. The number of nitrogens with one attached hydrogen (secondary N) is 1. The van der Waals surface area contributed by atoms with Gasteiger partial charge in [0.2, 0.25) is 0 Å². The van der Waals surface area contributed by atoms with Crippen molar-refractivity contribution in [1.29, 1.82) is 5.26 Å². The lowest BCUT2D eigenvalue weighted by Gasteiger charge is -2.25. The van der Waals surface area contributed by atoms with Crippen LogP contribution in [0.2, 0.25) is 11.3 Å². The van der Waals surface area contributed by atoms with Gasteiger partial charge in [0.05, 0.1) is 5.69 Å². The highest BCUT2D eigenvalue weighted by Gasteiger charge is 2.33. The number of H-pyrrole nitrogens is 1. The Kier molecular flexibility index (Phi) is 5.06.